The molecular weight excluding hydrogens is 317 g/mol. The molecule has 1 aromatic rings. The van der Waals surface area contributed by atoms with E-state index in [0.29, 0.717) is 22.3 Å². The van der Waals surface area contributed by atoms with Gasteiger partial charge in [-0.3, -0.25) is 9.59 Å². The van der Waals surface area contributed by atoms with Crippen LogP contribution in [0.15, 0.2) is 18.2 Å². The zero-order valence-corrected chi connectivity index (χ0v) is 12.9. The van der Waals surface area contributed by atoms with E-state index < -0.39 is 11.9 Å². The Bertz CT molecular complexity index is 564. The van der Waals surface area contributed by atoms with Gasteiger partial charge in [-0.25, -0.2) is 0 Å². The van der Waals surface area contributed by atoms with E-state index in [1.165, 1.54) is 11.0 Å². The Kier molecular flexibility index (Phi) is 4.96. The van der Waals surface area contributed by atoms with Gasteiger partial charge in [0.05, 0.1) is 10.9 Å². The van der Waals surface area contributed by atoms with E-state index in [1.807, 2.05) is 6.92 Å². The Morgan fingerprint density at radius 3 is 2.71 bits per heavy atom. The highest BCUT2D eigenvalue weighted by Crippen LogP contribution is 2.28. The molecule has 0 bridgehead atoms. The highest BCUT2D eigenvalue weighted by atomic mass is 35.5. The number of carboxylic acid groups (broad SMARTS) is 1. The van der Waals surface area contributed by atoms with Gasteiger partial charge in [0.25, 0.3) is 5.91 Å². The lowest BCUT2D eigenvalue weighted by Gasteiger charge is -2.16. The minimum absolute atomic E-state index is 0.0683. The molecule has 0 saturated carbocycles. The van der Waals surface area contributed by atoms with Crippen LogP contribution in [0.25, 0.3) is 0 Å². The van der Waals surface area contributed by atoms with Crippen molar-refractivity contribution in [1.82, 2.24) is 4.90 Å². The van der Waals surface area contributed by atoms with Crippen LogP contribution >= 0.6 is 23.2 Å². The van der Waals surface area contributed by atoms with Gasteiger partial charge in [-0.05, 0) is 18.1 Å². The summed E-state index contributed by atoms with van der Waals surface area (Å²) in [4.78, 5) is 24.6. The molecule has 1 aliphatic heterocycles. The van der Waals surface area contributed by atoms with Crippen molar-refractivity contribution in [3.05, 3.63) is 28.2 Å². The quantitative estimate of drug-likeness (QED) is 0.920. The molecule has 0 radical (unpaired) electrons. The van der Waals surface area contributed by atoms with Crippen LogP contribution in [0.5, 0.6) is 5.75 Å². The molecule has 0 aromatic heterocycles. The summed E-state index contributed by atoms with van der Waals surface area (Å²) >= 11 is 11.8. The maximum absolute atomic E-state index is 12.1. The standard InChI is InChI=1S/C14H15Cl2NO4/c1-8-5-17(6-10(8)14(19)20)13(18)7-21-12-4-9(15)2-3-11(12)16/h2-4,8,10H,5-7H2,1H3,(H,19,20). The molecular formula is C14H15Cl2NO4. The van der Waals surface area contributed by atoms with E-state index in [9.17, 15) is 9.59 Å². The van der Waals surface area contributed by atoms with Gasteiger partial charge < -0.3 is 14.7 Å². The van der Waals surface area contributed by atoms with E-state index in [4.69, 9.17) is 33.0 Å². The van der Waals surface area contributed by atoms with Crippen molar-refractivity contribution in [1.29, 1.82) is 0 Å². The van der Waals surface area contributed by atoms with Crippen molar-refractivity contribution in [3.63, 3.8) is 0 Å². The lowest BCUT2D eigenvalue weighted by molar-refractivity contribution is -0.142. The van der Waals surface area contributed by atoms with Crippen molar-refractivity contribution >= 4 is 35.1 Å². The van der Waals surface area contributed by atoms with Gasteiger partial charge in [-0.1, -0.05) is 30.1 Å². The summed E-state index contributed by atoms with van der Waals surface area (Å²) in [6.45, 7) is 2.25. The van der Waals surface area contributed by atoms with E-state index in [2.05, 4.69) is 0 Å². The van der Waals surface area contributed by atoms with Crippen molar-refractivity contribution in [2.45, 2.75) is 6.92 Å². The summed E-state index contributed by atoms with van der Waals surface area (Å²) in [5, 5.41) is 9.88. The molecule has 2 atom stereocenters. The zero-order chi connectivity index (χ0) is 15.6. The molecule has 2 rings (SSSR count). The molecule has 2 unspecified atom stereocenters. The number of amides is 1. The number of rotatable bonds is 4. The summed E-state index contributed by atoms with van der Waals surface area (Å²) in [6, 6.07) is 4.74. The molecule has 5 nitrogen and oxygen atoms in total. The van der Waals surface area contributed by atoms with Crippen molar-refractivity contribution < 1.29 is 19.4 Å². The van der Waals surface area contributed by atoms with Gasteiger partial charge >= 0.3 is 5.97 Å². The first kappa shape index (κ1) is 15.9. The molecule has 1 N–H and O–H groups in total. The average molecular weight is 332 g/mol. The third-order valence-electron chi connectivity index (χ3n) is 3.53. The number of carbonyl (C=O) groups excluding carboxylic acids is 1. The average Bonchev–Trinajstić information content (AvgIpc) is 2.82. The van der Waals surface area contributed by atoms with Crippen LogP contribution in [0.4, 0.5) is 0 Å². The molecule has 1 fully saturated rings. The Morgan fingerprint density at radius 2 is 2.10 bits per heavy atom. The van der Waals surface area contributed by atoms with Gasteiger partial charge in [-0.15, -0.1) is 0 Å². The number of hydrogen-bond acceptors (Lipinski definition) is 3. The van der Waals surface area contributed by atoms with Crippen LogP contribution in [0.1, 0.15) is 6.92 Å². The highest BCUT2D eigenvalue weighted by Gasteiger charge is 2.36. The molecule has 1 amide bonds. The number of benzene rings is 1. The molecule has 1 saturated heterocycles. The van der Waals surface area contributed by atoms with Gasteiger partial charge in [0.2, 0.25) is 0 Å². The molecule has 21 heavy (non-hydrogen) atoms. The second-order valence-corrected chi connectivity index (χ2v) is 5.93. The molecule has 1 heterocycles. The summed E-state index contributed by atoms with van der Waals surface area (Å²) in [5.41, 5.74) is 0. The molecule has 0 aliphatic carbocycles. The van der Waals surface area contributed by atoms with Crippen molar-refractivity contribution in [2.24, 2.45) is 11.8 Å². The fourth-order valence-corrected chi connectivity index (χ4v) is 2.64. The number of halogens is 2. The number of aliphatic carboxylic acids is 1. The van der Waals surface area contributed by atoms with Crippen LogP contribution in [0, 0.1) is 11.8 Å². The van der Waals surface area contributed by atoms with E-state index in [1.54, 1.807) is 12.1 Å². The Morgan fingerprint density at radius 1 is 1.38 bits per heavy atom. The molecule has 1 aliphatic rings. The van der Waals surface area contributed by atoms with Crippen LogP contribution in [-0.4, -0.2) is 41.6 Å². The van der Waals surface area contributed by atoms with Gasteiger partial charge in [-0.2, -0.15) is 0 Å². The Balaban J connectivity index is 1.94. The minimum atomic E-state index is -0.878. The number of hydrogen-bond donors (Lipinski definition) is 1. The third kappa shape index (κ3) is 3.80. The second-order valence-electron chi connectivity index (χ2n) is 5.08. The second kappa shape index (κ2) is 6.54. The van der Waals surface area contributed by atoms with Crippen molar-refractivity contribution in [3.8, 4) is 5.75 Å². The number of likely N-dealkylation sites (tertiary alicyclic amines) is 1. The normalized spacial score (nSPS) is 21.4. The molecule has 114 valence electrons. The molecule has 1 aromatic carbocycles. The fraction of sp³-hybridized carbons (Fsp3) is 0.429. The van der Waals surface area contributed by atoms with Gasteiger partial charge in [0.15, 0.2) is 6.61 Å². The summed E-state index contributed by atoms with van der Waals surface area (Å²) in [5.74, 6) is -1.40. The minimum Gasteiger partial charge on any atom is -0.482 e. The molecule has 7 heteroatoms. The summed E-state index contributed by atoms with van der Waals surface area (Å²) in [6.07, 6.45) is 0. The largest absolute Gasteiger partial charge is 0.482 e. The lowest BCUT2D eigenvalue weighted by atomic mass is 9.99. The zero-order valence-electron chi connectivity index (χ0n) is 11.4. The van der Waals surface area contributed by atoms with E-state index in [-0.39, 0.29) is 25.0 Å². The molecule has 0 spiro atoms. The summed E-state index contributed by atoms with van der Waals surface area (Å²) in [7, 11) is 0. The first-order valence-corrected chi connectivity index (χ1v) is 7.22. The Hall–Kier alpha value is -1.46. The lowest BCUT2D eigenvalue weighted by Crippen LogP contribution is -2.33. The fourth-order valence-electron chi connectivity index (χ4n) is 2.31. The number of nitrogens with zero attached hydrogens (tertiary/aromatic N) is 1. The maximum atomic E-state index is 12.1. The van der Waals surface area contributed by atoms with Crippen molar-refractivity contribution in [2.75, 3.05) is 19.7 Å². The van der Waals surface area contributed by atoms with Crippen LogP contribution in [-0.2, 0) is 9.59 Å². The first-order chi connectivity index (χ1) is 9.88. The predicted octanol–water partition coefficient (Wildman–Crippen LogP) is 2.55. The van der Waals surface area contributed by atoms with Crippen LogP contribution in [0.2, 0.25) is 10.0 Å². The van der Waals surface area contributed by atoms with Gasteiger partial charge in [0, 0.05) is 24.2 Å². The summed E-state index contributed by atoms with van der Waals surface area (Å²) < 4.78 is 5.37. The van der Waals surface area contributed by atoms with Crippen LogP contribution < -0.4 is 4.74 Å². The smallest absolute Gasteiger partial charge is 0.308 e. The number of carboxylic acids is 1. The highest BCUT2D eigenvalue weighted by molar-refractivity contribution is 6.34. The SMILES string of the molecule is CC1CN(C(=O)COc2cc(Cl)ccc2Cl)CC1C(=O)O. The topological polar surface area (TPSA) is 66.8 Å². The number of ether oxygens (including phenoxy) is 1. The van der Waals surface area contributed by atoms with Crippen LogP contribution in [0.3, 0.4) is 0 Å². The maximum Gasteiger partial charge on any atom is 0.308 e. The monoisotopic (exact) mass is 331 g/mol. The number of carbonyl (C=O) groups is 2. The van der Waals surface area contributed by atoms with E-state index >= 15 is 0 Å². The van der Waals surface area contributed by atoms with E-state index in [0.717, 1.165) is 0 Å². The predicted molar refractivity (Wildman–Crippen MR) is 78.8 cm³/mol. The van der Waals surface area contributed by atoms with Gasteiger partial charge in [0.1, 0.15) is 5.75 Å². The third-order valence-corrected chi connectivity index (χ3v) is 4.07. The first-order valence-electron chi connectivity index (χ1n) is 6.47. The Labute approximate surface area is 132 Å².